The van der Waals surface area contributed by atoms with Crippen LogP contribution in [0.4, 0.5) is 5.69 Å². The molecule has 0 aliphatic heterocycles. The summed E-state index contributed by atoms with van der Waals surface area (Å²) in [5, 5.41) is 10.5. The Morgan fingerprint density at radius 1 is 1.24 bits per heavy atom. The average Bonchev–Trinajstić information content (AvgIpc) is 2.65. The molecule has 2 rings (SSSR count). The third kappa shape index (κ3) is 4.42. The highest BCUT2D eigenvalue weighted by Crippen LogP contribution is 2.28. The van der Waals surface area contributed by atoms with E-state index in [2.05, 4.69) is 20.7 Å². The van der Waals surface area contributed by atoms with Gasteiger partial charge in [0.15, 0.2) is 0 Å². The number of anilines is 1. The van der Waals surface area contributed by atoms with Crippen molar-refractivity contribution < 1.29 is 13.5 Å². The van der Waals surface area contributed by atoms with Gasteiger partial charge in [-0.05, 0) is 31.0 Å². The number of benzene rings is 1. The van der Waals surface area contributed by atoms with Crippen molar-refractivity contribution in [1.82, 2.24) is 4.72 Å². The molecule has 0 saturated heterocycles. The predicted octanol–water partition coefficient (Wildman–Crippen LogP) is 2.39. The fourth-order valence-corrected chi connectivity index (χ4v) is 4.40. The molecule has 0 bridgehead atoms. The van der Waals surface area contributed by atoms with E-state index in [1.165, 1.54) is 6.07 Å². The Kier molecular flexibility index (Phi) is 5.29. The molecule has 1 saturated carbocycles. The lowest BCUT2D eigenvalue weighted by Gasteiger charge is -2.26. The molecule has 0 amide bonds. The number of nitrogens with one attached hydrogen (secondary N) is 1. The maximum absolute atomic E-state index is 12.4. The van der Waals surface area contributed by atoms with E-state index >= 15 is 0 Å². The number of aliphatic hydroxyl groups is 1. The summed E-state index contributed by atoms with van der Waals surface area (Å²) in [6, 6.07) is 4.70. The summed E-state index contributed by atoms with van der Waals surface area (Å²) in [5.74, 6) is 0. The van der Waals surface area contributed by atoms with Gasteiger partial charge in [-0.15, -0.1) is 0 Å². The van der Waals surface area contributed by atoms with Crippen LogP contribution in [0.3, 0.4) is 0 Å². The Hall–Kier alpha value is -0.630. The summed E-state index contributed by atoms with van der Waals surface area (Å²) in [4.78, 5) is 0.0362. The molecule has 1 aliphatic rings. The zero-order chi connectivity index (χ0) is 15.5. The van der Waals surface area contributed by atoms with Crippen molar-refractivity contribution in [2.24, 2.45) is 0 Å². The monoisotopic (exact) mass is 376 g/mol. The first-order valence-electron chi connectivity index (χ1n) is 7.10. The van der Waals surface area contributed by atoms with Crippen LogP contribution in [-0.2, 0) is 10.0 Å². The third-order valence-electron chi connectivity index (χ3n) is 3.89. The van der Waals surface area contributed by atoms with Crippen molar-refractivity contribution in [1.29, 1.82) is 0 Å². The highest BCUT2D eigenvalue weighted by Gasteiger charge is 2.30. The molecule has 118 valence electrons. The Morgan fingerprint density at radius 3 is 2.48 bits per heavy atom. The number of nitrogen functional groups attached to an aromatic ring is 1. The van der Waals surface area contributed by atoms with Crippen LogP contribution in [0.25, 0.3) is 0 Å². The van der Waals surface area contributed by atoms with Gasteiger partial charge in [-0.2, -0.15) is 0 Å². The smallest absolute Gasteiger partial charge is 0.242 e. The average molecular weight is 377 g/mol. The number of hydrogen-bond donors (Lipinski definition) is 3. The molecule has 0 radical (unpaired) electrons. The summed E-state index contributed by atoms with van der Waals surface area (Å²) >= 11 is 3.24. The van der Waals surface area contributed by atoms with Crippen LogP contribution in [0.15, 0.2) is 27.6 Å². The van der Waals surface area contributed by atoms with Crippen molar-refractivity contribution in [3.05, 3.63) is 22.7 Å². The minimum atomic E-state index is -3.73. The summed E-state index contributed by atoms with van der Waals surface area (Å²) in [6.07, 6.45) is 5.29. The Bertz CT molecular complexity index is 596. The molecular formula is C14H21BrN2O3S. The lowest BCUT2D eigenvalue weighted by molar-refractivity contribution is 0.0303. The second-order valence-corrected chi connectivity index (χ2v) is 8.30. The second-order valence-electron chi connectivity index (χ2n) is 5.65. The quantitative estimate of drug-likeness (QED) is 0.555. The lowest BCUT2D eigenvalue weighted by Crippen LogP contribution is -2.42. The molecule has 0 spiro atoms. The van der Waals surface area contributed by atoms with E-state index in [0.29, 0.717) is 17.3 Å². The van der Waals surface area contributed by atoms with Crippen molar-refractivity contribution >= 4 is 31.6 Å². The molecule has 21 heavy (non-hydrogen) atoms. The molecule has 1 aromatic carbocycles. The molecule has 4 N–H and O–H groups in total. The van der Waals surface area contributed by atoms with Crippen LogP contribution >= 0.6 is 15.9 Å². The highest BCUT2D eigenvalue weighted by atomic mass is 79.9. The van der Waals surface area contributed by atoms with Gasteiger partial charge < -0.3 is 10.8 Å². The molecule has 1 aliphatic carbocycles. The van der Waals surface area contributed by atoms with E-state index in [1.807, 2.05) is 0 Å². The van der Waals surface area contributed by atoms with Crippen LogP contribution in [0.1, 0.15) is 38.5 Å². The van der Waals surface area contributed by atoms with E-state index < -0.39 is 15.6 Å². The first-order valence-corrected chi connectivity index (χ1v) is 9.37. The van der Waals surface area contributed by atoms with Crippen molar-refractivity contribution in [3.8, 4) is 0 Å². The van der Waals surface area contributed by atoms with Gasteiger partial charge in [0.1, 0.15) is 4.90 Å². The first-order chi connectivity index (χ1) is 9.82. The zero-order valence-electron chi connectivity index (χ0n) is 11.8. The van der Waals surface area contributed by atoms with E-state index in [4.69, 9.17) is 5.73 Å². The van der Waals surface area contributed by atoms with Crippen molar-refractivity contribution in [2.75, 3.05) is 12.3 Å². The molecule has 0 unspecified atom stereocenters. The van der Waals surface area contributed by atoms with Crippen LogP contribution in [0.5, 0.6) is 0 Å². The van der Waals surface area contributed by atoms with Crippen LogP contribution in [0, 0.1) is 0 Å². The van der Waals surface area contributed by atoms with E-state index in [0.717, 1.165) is 25.7 Å². The maximum Gasteiger partial charge on any atom is 0.242 e. The third-order valence-corrected chi connectivity index (χ3v) is 5.84. The Morgan fingerprint density at radius 2 is 1.86 bits per heavy atom. The minimum Gasteiger partial charge on any atom is -0.398 e. The topological polar surface area (TPSA) is 92.4 Å². The van der Waals surface area contributed by atoms with E-state index in [-0.39, 0.29) is 17.1 Å². The van der Waals surface area contributed by atoms with Crippen LogP contribution < -0.4 is 10.5 Å². The minimum absolute atomic E-state index is 0.0291. The van der Waals surface area contributed by atoms with Crippen molar-refractivity contribution in [3.63, 3.8) is 0 Å². The van der Waals surface area contributed by atoms with E-state index in [1.54, 1.807) is 12.1 Å². The van der Waals surface area contributed by atoms with Gasteiger partial charge in [0.05, 0.1) is 11.3 Å². The Balaban J connectivity index is 2.12. The predicted molar refractivity (Wildman–Crippen MR) is 86.4 cm³/mol. The van der Waals surface area contributed by atoms with Gasteiger partial charge in [0.2, 0.25) is 10.0 Å². The molecule has 5 nitrogen and oxygen atoms in total. The summed E-state index contributed by atoms with van der Waals surface area (Å²) in [7, 11) is -3.73. The summed E-state index contributed by atoms with van der Waals surface area (Å²) < 4.78 is 27.9. The number of nitrogens with two attached hydrogens (primary N) is 1. The van der Waals surface area contributed by atoms with Gasteiger partial charge >= 0.3 is 0 Å². The molecule has 1 fully saturated rings. The van der Waals surface area contributed by atoms with Gasteiger partial charge in [-0.25, -0.2) is 13.1 Å². The normalized spacial score (nSPS) is 19.1. The zero-order valence-corrected chi connectivity index (χ0v) is 14.2. The van der Waals surface area contributed by atoms with Crippen LogP contribution in [-0.4, -0.2) is 25.7 Å². The van der Waals surface area contributed by atoms with Gasteiger partial charge in [0, 0.05) is 11.0 Å². The fraction of sp³-hybridized carbons (Fsp3) is 0.571. The lowest BCUT2D eigenvalue weighted by atomic mass is 9.95. The SMILES string of the molecule is Nc1ccc(Br)cc1S(=O)(=O)NCC1(O)CCCCCC1. The number of rotatable bonds is 4. The van der Waals surface area contributed by atoms with Gasteiger partial charge in [-0.1, -0.05) is 41.6 Å². The highest BCUT2D eigenvalue weighted by molar-refractivity contribution is 9.10. The summed E-state index contributed by atoms with van der Waals surface area (Å²) in [5.41, 5.74) is 4.98. The number of sulfonamides is 1. The van der Waals surface area contributed by atoms with E-state index in [9.17, 15) is 13.5 Å². The molecule has 0 aromatic heterocycles. The first kappa shape index (κ1) is 16.7. The molecule has 1 aromatic rings. The molecule has 0 atom stereocenters. The largest absolute Gasteiger partial charge is 0.398 e. The number of hydrogen-bond acceptors (Lipinski definition) is 4. The maximum atomic E-state index is 12.4. The van der Waals surface area contributed by atoms with Gasteiger partial charge in [0.25, 0.3) is 0 Å². The molecule has 7 heteroatoms. The Labute approximate surface area is 134 Å². The number of halogens is 1. The second kappa shape index (κ2) is 6.64. The molecule has 0 heterocycles. The van der Waals surface area contributed by atoms with Crippen LogP contribution in [0.2, 0.25) is 0 Å². The van der Waals surface area contributed by atoms with Gasteiger partial charge in [-0.3, -0.25) is 0 Å². The van der Waals surface area contributed by atoms with Crippen molar-refractivity contribution in [2.45, 2.75) is 49.0 Å². The summed E-state index contributed by atoms with van der Waals surface area (Å²) in [6.45, 7) is 0.0291. The fourth-order valence-electron chi connectivity index (χ4n) is 2.61. The molecular weight excluding hydrogens is 356 g/mol. The standard InChI is InChI=1S/C14H21BrN2O3S/c15-11-5-6-12(16)13(9-11)21(19,20)17-10-14(18)7-3-1-2-4-8-14/h5-6,9,17-18H,1-4,7-8,10,16H2.